The lowest BCUT2D eigenvalue weighted by atomic mass is 9.87. The van der Waals surface area contributed by atoms with Gasteiger partial charge in [-0.2, -0.15) is 0 Å². The van der Waals surface area contributed by atoms with Gasteiger partial charge in [0, 0.05) is 41.2 Å². The van der Waals surface area contributed by atoms with Gasteiger partial charge in [-0.3, -0.25) is 4.90 Å². The fourth-order valence-electron chi connectivity index (χ4n) is 4.93. The topological polar surface area (TPSA) is 56.3 Å². The Balaban J connectivity index is 1.70. The van der Waals surface area contributed by atoms with Crippen molar-refractivity contribution in [3.63, 3.8) is 0 Å². The van der Waals surface area contributed by atoms with Gasteiger partial charge in [-0.05, 0) is 53.1 Å². The number of para-hydroxylation sites is 1. The Morgan fingerprint density at radius 3 is 2.47 bits per heavy atom. The van der Waals surface area contributed by atoms with E-state index in [0.29, 0.717) is 12.1 Å². The van der Waals surface area contributed by atoms with E-state index in [1.807, 2.05) is 29.2 Å². The Morgan fingerprint density at radius 1 is 1.11 bits per heavy atom. The van der Waals surface area contributed by atoms with E-state index in [0.717, 1.165) is 46.3 Å². The molecule has 2 N–H and O–H groups in total. The Kier molecular flexibility index (Phi) is 6.13. The molecule has 4 aromatic rings. The summed E-state index contributed by atoms with van der Waals surface area (Å²) in [7, 11) is 0. The molecule has 0 fully saturated rings. The number of rotatable bonds is 5. The molecule has 0 radical (unpaired) electrons. The van der Waals surface area contributed by atoms with Crippen molar-refractivity contribution in [2.75, 3.05) is 0 Å². The van der Waals surface area contributed by atoms with Gasteiger partial charge in [0.2, 0.25) is 0 Å². The van der Waals surface area contributed by atoms with E-state index in [-0.39, 0.29) is 23.5 Å². The van der Waals surface area contributed by atoms with Crippen molar-refractivity contribution in [3.8, 4) is 12.3 Å². The second-order valence-electron chi connectivity index (χ2n) is 8.72. The van der Waals surface area contributed by atoms with Gasteiger partial charge in [0.25, 0.3) is 0 Å². The zero-order valence-electron chi connectivity index (χ0n) is 19.0. The van der Waals surface area contributed by atoms with Crippen LogP contribution in [0.15, 0.2) is 66.7 Å². The number of carbonyl (C=O) groups is 1. The summed E-state index contributed by atoms with van der Waals surface area (Å²) in [6.07, 6.45) is 8.36. The van der Waals surface area contributed by atoms with Crippen LogP contribution in [-0.2, 0) is 17.8 Å². The largest absolute Gasteiger partial charge is 0.478 e. The number of fused-ring (bicyclic) bond motifs is 3. The first-order valence-corrected chi connectivity index (χ1v) is 11.3. The standard InChI is InChI=1S/C29H21F3N2O2/c1-2-20-15-22-21-5-3-4-6-25(21)33-28(22)29(34(20)16-17-7-10-19(30)11-8-17)27-23(31)13-18(14-24(27)32)9-12-26(35)36/h1,3-14,20,29,33H,15-16H2,(H,35,36)/b12-9+/t20-,29-/m1/s1. The maximum Gasteiger partial charge on any atom is 0.328 e. The molecule has 0 saturated heterocycles. The van der Waals surface area contributed by atoms with E-state index in [1.54, 1.807) is 12.1 Å². The van der Waals surface area contributed by atoms with Gasteiger partial charge in [-0.25, -0.2) is 18.0 Å². The van der Waals surface area contributed by atoms with Crippen LogP contribution in [0.5, 0.6) is 0 Å². The fourth-order valence-corrected chi connectivity index (χ4v) is 4.93. The van der Waals surface area contributed by atoms with Gasteiger partial charge >= 0.3 is 5.97 Å². The van der Waals surface area contributed by atoms with Crippen LogP contribution in [-0.4, -0.2) is 27.0 Å². The molecule has 0 bridgehead atoms. The lowest BCUT2D eigenvalue weighted by Gasteiger charge is -2.40. The molecule has 5 rings (SSSR count). The van der Waals surface area contributed by atoms with E-state index in [9.17, 15) is 9.18 Å². The van der Waals surface area contributed by atoms with E-state index < -0.39 is 29.7 Å². The summed E-state index contributed by atoms with van der Waals surface area (Å²) in [4.78, 5) is 16.0. The number of aliphatic carboxylic acids is 1. The molecule has 3 aromatic carbocycles. The first-order valence-electron chi connectivity index (χ1n) is 11.3. The molecule has 1 aliphatic heterocycles. The molecular formula is C29H21F3N2O2. The van der Waals surface area contributed by atoms with E-state index in [2.05, 4.69) is 10.9 Å². The molecule has 36 heavy (non-hydrogen) atoms. The van der Waals surface area contributed by atoms with Gasteiger partial charge in [0.15, 0.2) is 0 Å². The fraction of sp³-hybridized carbons (Fsp3) is 0.138. The highest BCUT2D eigenvalue weighted by Gasteiger charge is 2.39. The summed E-state index contributed by atoms with van der Waals surface area (Å²) in [6.45, 7) is 0.230. The van der Waals surface area contributed by atoms with E-state index >= 15 is 8.78 Å². The highest BCUT2D eigenvalue weighted by Crippen LogP contribution is 2.43. The number of aromatic nitrogens is 1. The summed E-state index contributed by atoms with van der Waals surface area (Å²) in [5.41, 5.74) is 2.98. The van der Waals surface area contributed by atoms with Crippen molar-refractivity contribution < 1.29 is 23.1 Å². The minimum absolute atomic E-state index is 0.0856. The monoisotopic (exact) mass is 486 g/mol. The van der Waals surface area contributed by atoms with Crippen molar-refractivity contribution in [1.29, 1.82) is 0 Å². The normalized spacial score (nSPS) is 17.8. The minimum Gasteiger partial charge on any atom is -0.478 e. The van der Waals surface area contributed by atoms with E-state index in [1.165, 1.54) is 12.1 Å². The second kappa shape index (κ2) is 9.40. The number of benzene rings is 3. The Morgan fingerprint density at radius 2 is 1.81 bits per heavy atom. The molecule has 180 valence electrons. The number of H-pyrrole nitrogens is 1. The molecule has 0 aliphatic carbocycles. The highest BCUT2D eigenvalue weighted by molar-refractivity contribution is 5.86. The third-order valence-corrected chi connectivity index (χ3v) is 6.51. The molecule has 2 atom stereocenters. The Labute approximate surface area is 205 Å². The summed E-state index contributed by atoms with van der Waals surface area (Å²) in [6, 6.07) is 14.3. The SMILES string of the molecule is C#C[C@@H]1Cc2c([nH]c3ccccc23)[C@@H](c2c(F)cc(/C=C/C(=O)O)cc2F)N1Cc1ccc(F)cc1. The van der Waals surface area contributed by atoms with Crippen LogP contribution in [0.1, 0.15) is 34.0 Å². The number of nitrogens with zero attached hydrogens (tertiary/aromatic N) is 1. The smallest absolute Gasteiger partial charge is 0.328 e. The van der Waals surface area contributed by atoms with Crippen LogP contribution in [0, 0.1) is 29.8 Å². The summed E-state index contributed by atoms with van der Waals surface area (Å²) >= 11 is 0. The maximum atomic E-state index is 15.6. The minimum atomic E-state index is -1.22. The number of nitrogens with one attached hydrogen (secondary N) is 1. The zero-order chi connectivity index (χ0) is 25.4. The summed E-state index contributed by atoms with van der Waals surface area (Å²) in [5, 5.41) is 9.80. The highest BCUT2D eigenvalue weighted by atomic mass is 19.1. The van der Waals surface area contributed by atoms with Gasteiger partial charge in [-0.15, -0.1) is 6.42 Å². The van der Waals surface area contributed by atoms with Crippen molar-refractivity contribution in [2.45, 2.75) is 25.0 Å². The molecule has 0 unspecified atom stereocenters. The molecule has 2 heterocycles. The van der Waals surface area contributed by atoms with Crippen molar-refractivity contribution in [2.24, 2.45) is 0 Å². The van der Waals surface area contributed by atoms with Gasteiger partial charge in [-0.1, -0.05) is 36.3 Å². The maximum absolute atomic E-state index is 15.6. The summed E-state index contributed by atoms with van der Waals surface area (Å²) < 4.78 is 44.7. The predicted octanol–water partition coefficient (Wildman–Crippen LogP) is 5.83. The number of carboxylic acids is 1. The van der Waals surface area contributed by atoms with Crippen molar-refractivity contribution in [3.05, 3.63) is 112 Å². The lowest BCUT2D eigenvalue weighted by molar-refractivity contribution is -0.131. The third-order valence-electron chi connectivity index (χ3n) is 6.51. The summed E-state index contributed by atoms with van der Waals surface area (Å²) in [5.74, 6) is -0.476. The first-order chi connectivity index (χ1) is 17.4. The number of terminal acetylenes is 1. The lowest BCUT2D eigenvalue weighted by Crippen LogP contribution is -2.43. The van der Waals surface area contributed by atoms with Gasteiger partial charge in [0.1, 0.15) is 17.5 Å². The van der Waals surface area contributed by atoms with Crippen LogP contribution in [0.3, 0.4) is 0 Å². The number of halogens is 3. The number of hydrogen-bond donors (Lipinski definition) is 2. The average Bonchev–Trinajstić information content (AvgIpc) is 3.22. The molecule has 0 amide bonds. The van der Waals surface area contributed by atoms with Crippen LogP contribution >= 0.6 is 0 Å². The molecule has 0 saturated carbocycles. The number of hydrogen-bond acceptors (Lipinski definition) is 2. The van der Waals surface area contributed by atoms with Crippen molar-refractivity contribution >= 4 is 22.9 Å². The Bertz CT molecular complexity index is 1510. The second-order valence-corrected chi connectivity index (χ2v) is 8.72. The predicted molar refractivity (Wildman–Crippen MR) is 131 cm³/mol. The molecule has 0 spiro atoms. The Hall–Kier alpha value is -4.28. The quantitative estimate of drug-likeness (QED) is 0.276. The first kappa shape index (κ1) is 23.5. The molecule has 7 heteroatoms. The van der Waals surface area contributed by atoms with Gasteiger partial charge in [0.05, 0.1) is 12.1 Å². The molecular weight excluding hydrogens is 465 g/mol. The third kappa shape index (κ3) is 4.28. The molecule has 4 nitrogen and oxygen atoms in total. The van der Waals surface area contributed by atoms with Crippen LogP contribution < -0.4 is 0 Å². The van der Waals surface area contributed by atoms with E-state index in [4.69, 9.17) is 11.5 Å². The zero-order valence-corrected chi connectivity index (χ0v) is 19.0. The van der Waals surface area contributed by atoms with Crippen molar-refractivity contribution in [1.82, 2.24) is 9.88 Å². The number of aromatic amines is 1. The molecule has 1 aromatic heterocycles. The average molecular weight is 486 g/mol. The van der Waals surface area contributed by atoms with Crippen LogP contribution in [0.4, 0.5) is 13.2 Å². The van der Waals surface area contributed by atoms with Gasteiger partial charge < -0.3 is 10.1 Å². The molecule has 1 aliphatic rings. The van der Waals surface area contributed by atoms with Crippen LogP contribution in [0.25, 0.3) is 17.0 Å². The van der Waals surface area contributed by atoms with Crippen LogP contribution in [0.2, 0.25) is 0 Å². The number of carboxylic acid groups (broad SMARTS) is 1.